The maximum absolute atomic E-state index is 12.2. The van der Waals surface area contributed by atoms with Crippen LogP contribution in [0.2, 0.25) is 0 Å². The molecule has 0 bridgehead atoms. The molecule has 1 saturated heterocycles. The summed E-state index contributed by atoms with van der Waals surface area (Å²) in [4.78, 5) is 27.6. The third-order valence-corrected chi connectivity index (χ3v) is 4.06. The van der Waals surface area contributed by atoms with E-state index in [1.54, 1.807) is 13.8 Å². The number of nitriles is 1. The highest BCUT2D eigenvalue weighted by Crippen LogP contribution is 2.34. The minimum atomic E-state index is -0.959. The zero-order valence-electron chi connectivity index (χ0n) is 11.0. The number of imide groups is 1. The molecular formula is C13H17N3O2. The van der Waals surface area contributed by atoms with E-state index in [9.17, 15) is 14.9 Å². The first-order chi connectivity index (χ1) is 8.43. The van der Waals surface area contributed by atoms with Crippen molar-refractivity contribution in [3.63, 3.8) is 0 Å². The Hall–Kier alpha value is -1.67. The molecule has 0 aromatic carbocycles. The number of amides is 2. The predicted molar refractivity (Wildman–Crippen MR) is 65.3 cm³/mol. The normalized spacial score (nSPS) is 24.7. The van der Waals surface area contributed by atoms with Gasteiger partial charge in [0, 0.05) is 24.2 Å². The van der Waals surface area contributed by atoms with Crippen LogP contribution in [0.25, 0.3) is 0 Å². The van der Waals surface area contributed by atoms with E-state index in [0.717, 1.165) is 13.1 Å². The van der Waals surface area contributed by atoms with Crippen LogP contribution in [-0.4, -0.2) is 47.3 Å². The molecule has 5 nitrogen and oxygen atoms in total. The van der Waals surface area contributed by atoms with Gasteiger partial charge < -0.3 is 4.90 Å². The second kappa shape index (κ2) is 4.21. The Labute approximate surface area is 107 Å². The molecule has 0 aromatic rings. The fourth-order valence-corrected chi connectivity index (χ4v) is 2.51. The lowest BCUT2D eigenvalue weighted by Gasteiger charge is -2.40. The van der Waals surface area contributed by atoms with Crippen LogP contribution < -0.4 is 0 Å². The summed E-state index contributed by atoms with van der Waals surface area (Å²) in [5.41, 5.74) is -0.0261. The summed E-state index contributed by atoms with van der Waals surface area (Å²) in [6.07, 6.45) is 1.05. The summed E-state index contributed by atoms with van der Waals surface area (Å²) in [6.45, 7) is 4.75. The van der Waals surface area contributed by atoms with Crippen molar-refractivity contribution in [2.24, 2.45) is 0 Å². The Morgan fingerprint density at radius 3 is 1.94 bits per heavy atom. The van der Waals surface area contributed by atoms with Gasteiger partial charge in [0.15, 0.2) is 0 Å². The van der Waals surface area contributed by atoms with E-state index in [-0.39, 0.29) is 11.8 Å². The fourth-order valence-electron chi connectivity index (χ4n) is 2.51. The molecular weight excluding hydrogens is 230 g/mol. The van der Waals surface area contributed by atoms with E-state index in [0.29, 0.717) is 24.0 Å². The molecule has 2 rings (SSSR count). The van der Waals surface area contributed by atoms with E-state index in [1.807, 2.05) is 7.05 Å². The number of hydrogen-bond donors (Lipinski definition) is 0. The van der Waals surface area contributed by atoms with E-state index < -0.39 is 5.54 Å². The van der Waals surface area contributed by atoms with Gasteiger partial charge in [0.05, 0.1) is 6.07 Å². The SMILES string of the molecule is CC1=C(C)C(=O)N(C2(C#N)CCN(C)CC2)C1=O. The van der Waals surface area contributed by atoms with Crippen LogP contribution in [0.15, 0.2) is 11.1 Å². The fraction of sp³-hybridized carbons (Fsp3) is 0.615. The number of carbonyl (C=O) groups excluding carboxylic acids is 2. The first-order valence-electron chi connectivity index (χ1n) is 6.09. The second-order valence-corrected chi connectivity index (χ2v) is 5.14. The molecule has 0 N–H and O–H groups in total. The van der Waals surface area contributed by atoms with Gasteiger partial charge in [0.1, 0.15) is 5.54 Å². The Balaban J connectivity index is 2.35. The molecule has 0 spiro atoms. The summed E-state index contributed by atoms with van der Waals surface area (Å²) in [6, 6.07) is 2.21. The van der Waals surface area contributed by atoms with Crippen LogP contribution >= 0.6 is 0 Å². The first kappa shape index (κ1) is 12.8. The largest absolute Gasteiger partial charge is 0.306 e. The van der Waals surface area contributed by atoms with Crippen molar-refractivity contribution in [2.45, 2.75) is 32.2 Å². The Morgan fingerprint density at radius 2 is 1.56 bits per heavy atom. The zero-order valence-corrected chi connectivity index (χ0v) is 11.0. The monoisotopic (exact) mass is 247 g/mol. The summed E-state index contributed by atoms with van der Waals surface area (Å²) in [5, 5.41) is 9.46. The number of hydrogen-bond acceptors (Lipinski definition) is 4. The van der Waals surface area contributed by atoms with Crippen molar-refractivity contribution in [2.75, 3.05) is 20.1 Å². The van der Waals surface area contributed by atoms with Gasteiger partial charge in [-0.3, -0.25) is 14.5 Å². The first-order valence-corrected chi connectivity index (χ1v) is 6.09. The number of piperidine rings is 1. The van der Waals surface area contributed by atoms with Gasteiger partial charge in [-0.05, 0) is 33.7 Å². The molecule has 1 fully saturated rings. The minimum Gasteiger partial charge on any atom is -0.306 e. The summed E-state index contributed by atoms with van der Waals surface area (Å²) < 4.78 is 0. The predicted octanol–water partition coefficient (Wildman–Crippen LogP) is 0.680. The summed E-state index contributed by atoms with van der Waals surface area (Å²) in [5.74, 6) is -0.604. The van der Waals surface area contributed by atoms with Crippen molar-refractivity contribution >= 4 is 11.8 Å². The van der Waals surface area contributed by atoms with Gasteiger partial charge >= 0.3 is 0 Å². The number of carbonyl (C=O) groups is 2. The van der Waals surface area contributed by atoms with Crippen LogP contribution in [0.3, 0.4) is 0 Å². The van der Waals surface area contributed by atoms with Crippen molar-refractivity contribution in [3.05, 3.63) is 11.1 Å². The maximum Gasteiger partial charge on any atom is 0.258 e. The van der Waals surface area contributed by atoms with Crippen molar-refractivity contribution < 1.29 is 9.59 Å². The molecule has 0 radical (unpaired) electrons. The maximum atomic E-state index is 12.2. The second-order valence-electron chi connectivity index (χ2n) is 5.14. The number of nitrogens with zero attached hydrogens (tertiary/aromatic N) is 3. The molecule has 2 heterocycles. The van der Waals surface area contributed by atoms with Crippen molar-refractivity contribution in [1.29, 1.82) is 5.26 Å². The molecule has 18 heavy (non-hydrogen) atoms. The highest BCUT2D eigenvalue weighted by atomic mass is 16.2. The number of likely N-dealkylation sites (tertiary alicyclic amines) is 1. The molecule has 0 atom stereocenters. The van der Waals surface area contributed by atoms with Gasteiger partial charge in [-0.15, -0.1) is 0 Å². The quantitative estimate of drug-likeness (QED) is 0.639. The van der Waals surface area contributed by atoms with Gasteiger partial charge in [-0.2, -0.15) is 5.26 Å². The van der Waals surface area contributed by atoms with Crippen LogP contribution in [0.1, 0.15) is 26.7 Å². The molecule has 0 aromatic heterocycles. The summed E-state index contributed by atoms with van der Waals surface area (Å²) >= 11 is 0. The lowest BCUT2D eigenvalue weighted by Crippen LogP contribution is -2.56. The van der Waals surface area contributed by atoms with Crippen molar-refractivity contribution in [1.82, 2.24) is 9.80 Å². The van der Waals surface area contributed by atoms with Crippen LogP contribution in [0.4, 0.5) is 0 Å². The number of rotatable bonds is 1. The Kier molecular flexibility index (Phi) is 2.99. The highest BCUT2D eigenvalue weighted by Gasteiger charge is 2.49. The molecule has 0 saturated carbocycles. The standard InChI is InChI=1S/C13H17N3O2/c1-9-10(2)12(18)16(11(9)17)13(8-14)4-6-15(3)7-5-13/h4-7H2,1-3H3. The molecule has 2 amide bonds. The molecule has 0 unspecified atom stereocenters. The molecule has 2 aliphatic heterocycles. The average Bonchev–Trinajstić information content (AvgIpc) is 2.56. The third kappa shape index (κ3) is 1.65. The van der Waals surface area contributed by atoms with E-state index >= 15 is 0 Å². The summed E-state index contributed by atoms with van der Waals surface area (Å²) in [7, 11) is 1.98. The van der Waals surface area contributed by atoms with Gasteiger partial charge in [-0.1, -0.05) is 0 Å². The van der Waals surface area contributed by atoms with Gasteiger partial charge in [0.2, 0.25) is 0 Å². The highest BCUT2D eigenvalue weighted by molar-refractivity contribution is 6.19. The minimum absolute atomic E-state index is 0.302. The molecule has 2 aliphatic rings. The third-order valence-electron chi connectivity index (χ3n) is 4.06. The molecule has 96 valence electrons. The average molecular weight is 247 g/mol. The molecule has 0 aliphatic carbocycles. The van der Waals surface area contributed by atoms with Crippen LogP contribution in [0.5, 0.6) is 0 Å². The van der Waals surface area contributed by atoms with Crippen LogP contribution in [-0.2, 0) is 9.59 Å². The zero-order chi connectivity index (χ0) is 13.5. The topological polar surface area (TPSA) is 64.4 Å². The smallest absolute Gasteiger partial charge is 0.258 e. The van der Waals surface area contributed by atoms with E-state index in [1.165, 1.54) is 4.90 Å². The van der Waals surface area contributed by atoms with Crippen molar-refractivity contribution in [3.8, 4) is 6.07 Å². The van der Waals surface area contributed by atoms with Crippen LogP contribution in [0, 0.1) is 11.3 Å². The lowest BCUT2D eigenvalue weighted by molar-refractivity contribution is -0.144. The Bertz CT molecular complexity index is 455. The van der Waals surface area contributed by atoms with E-state index in [4.69, 9.17) is 0 Å². The molecule has 5 heteroatoms. The van der Waals surface area contributed by atoms with Gasteiger partial charge in [-0.25, -0.2) is 0 Å². The van der Waals surface area contributed by atoms with Gasteiger partial charge in [0.25, 0.3) is 11.8 Å². The Morgan fingerprint density at radius 1 is 1.11 bits per heavy atom. The van der Waals surface area contributed by atoms with E-state index in [2.05, 4.69) is 11.0 Å². The lowest BCUT2D eigenvalue weighted by atomic mass is 9.87.